The summed E-state index contributed by atoms with van der Waals surface area (Å²) in [6, 6.07) is 7.63. The fourth-order valence-electron chi connectivity index (χ4n) is 3.74. The topological polar surface area (TPSA) is 18.5 Å². The van der Waals surface area contributed by atoms with Crippen LogP contribution in [0, 0.1) is 17.5 Å². The summed E-state index contributed by atoms with van der Waals surface area (Å²) in [4.78, 5) is 0. The fraction of sp³-hybridized carbons (Fsp3) is 0.500. The zero-order valence-corrected chi connectivity index (χ0v) is 17.1. The second-order valence-electron chi connectivity index (χ2n) is 7.64. The molecular weight excluding hydrogens is 377 g/mol. The molecule has 1 fully saturated rings. The van der Waals surface area contributed by atoms with Gasteiger partial charge in [0.15, 0.2) is 11.6 Å². The third kappa shape index (κ3) is 5.20. The van der Waals surface area contributed by atoms with E-state index in [1.165, 1.54) is 24.3 Å². The van der Waals surface area contributed by atoms with Crippen molar-refractivity contribution in [3.05, 3.63) is 58.9 Å². The molecule has 1 saturated heterocycles. The maximum Gasteiger partial charge on any atom is 0.167 e. The largest absolute Gasteiger partial charge is 0.376 e. The van der Waals surface area contributed by atoms with Gasteiger partial charge in [-0.1, -0.05) is 51.0 Å². The van der Waals surface area contributed by atoms with Crippen LogP contribution in [0.3, 0.4) is 0 Å². The quantitative estimate of drug-likeness (QED) is 0.451. The van der Waals surface area contributed by atoms with Gasteiger partial charge in [0.25, 0.3) is 0 Å². The molecule has 2 unspecified atom stereocenters. The number of ether oxygens (including phenoxy) is 2. The van der Waals surface area contributed by atoms with Crippen LogP contribution in [0.15, 0.2) is 30.3 Å². The minimum atomic E-state index is -1.03. The highest BCUT2D eigenvalue weighted by molar-refractivity contribution is 5.66. The molecule has 0 aliphatic carbocycles. The predicted octanol–water partition coefficient (Wildman–Crippen LogP) is 6.76. The zero-order valence-electron chi connectivity index (χ0n) is 17.1. The van der Waals surface area contributed by atoms with Gasteiger partial charge in [0.1, 0.15) is 5.82 Å². The van der Waals surface area contributed by atoms with Crippen molar-refractivity contribution >= 4 is 0 Å². The molecule has 29 heavy (non-hydrogen) atoms. The van der Waals surface area contributed by atoms with E-state index in [0.29, 0.717) is 19.6 Å². The van der Waals surface area contributed by atoms with Gasteiger partial charge in [-0.2, -0.15) is 0 Å². The molecule has 2 atom stereocenters. The Kier molecular flexibility index (Phi) is 7.73. The van der Waals surface area contributed by atoms with Gasteiger partial charge in [-0.05, 0) is 37.3 Å². The summed E-state index contributed by atoms with van der Waals surface area (Å²) in [6.45, 7) is 5.16. The van der Waals surface area contributed by atoms with Crippen LogP contribution in [0.2, 0.25) is 0 Å². The van der Waals surface area contributed by atoms with Crippen molar-refractivity contribution in [2.45, 2.75) is 64.6 Å². The second kappa shape index (κ2) is 10.3. The zero-order chi connectivity index (χ0) is 20.8. The number of halogens is 3. The molecular formula is C24H29F3O2. The van der Waals surface area contributed by atoms with Crippen molar-refractivity contribution in [3.63, 3.8) is 0 Å². The molecule has 0 radical (unpaired) electrons. The lowest BCUT2D eigenvalue weighted by Crippen LogP contribution is -2.28. The maximum atomic E-state index is 14.8. The molecule has 5 heteroatoms. The number of benzene rings is 2. The molecule has 2 aromatic carbocycles. The first-order chi connectivity index (χ1) is 14.0. The van der Waals surface area contributed by atoms with Crippen molar-refractivity contribution < 1.29 is 22.6 Å². The molecule has 1 aliphatic heterocycles. The summed E-state index contributed by atoms with van der Waals surface area (Å²) in [5.41, 5.74) is 1.03. The summed E-state index contributed by atoms with van der Waals surface area (Å²) in [6.07, 6.45) is 4.49. The number of aryl methyl sites for hydroxylation is 1. The predicted molar refractivity (Wildman–Crippen MR) is 108 cm³/mol. The van der Waals surface area contributed by atoms with Gasteiger partial charge < -0.3 is 9.47 Å². The van der Waals surface area contributed by atoms with E-state index < -0.39 is 23.6 Å². The Hall–Kier alpha value is -1.85. The molecule has 0 spiro atoms. The normalized spacial score (nSPS) is 19.5. The Morgan fingerprint density at radius 3 is 2.41 bits per heavy atom. The monoisotopic (exact) mass is 406 g/mol. The molecule has 0 amide bonds. The Labute approximate surface area is 171 Å². The smallest absolute Gasteiger partial charge is 0.167 e. The highest BCUT2D eigenvalue weighted by Gasteiger charge is 2.28. The number of hydrogen-bond acceptors (Lipinski definition) is 2. The van der Waals surface area contributed by atoms with Crippen LogP contribution in [-0.2, 0) is 15.9 Å². The number of unbranched alkanes of at least 4 members (excludes halogenated alkanes) is 1. The molecule has 0 saturated carbocycles. The highest BCUT2D eigenvalue weighted by atomic mass is 19.2. The second-order valence-corrected chi connectivity index (χ2v) is 7.64. The standard InChI is InChI=1S/C24H29F3O2/c1-3-5-13-28-17-8-12-22(29-15-17)20-11-10-19(23(26)24(20)27)18-9-7-16(6-4-2)14-21(18)25/h7,9-11,14,17,22H,3-6,8,12-13,15H2,1-2H3. The summed E-state index contributed by atoms with van der Waals surface area (Å²) in [5.74, 6) is -2.53. The average molecular weight is 406 g/mol. The molecule has 3 rings (SSSR count). The summed E-state index contributed by atoms with van der Waals surface area (Å²) in [5, 5.41) is 0. The maximum absolute atomic E-state index is 14.8. The molecule has 158 valence electrons. The van der Waals surface area contributed by atoms with E-state index in [2.05, 4.69) is 6.92 Å². The first-order valence-electron chi connectivity index (χ1n) is 10.5. The third-order valence-corrected chi connectivity index (χ3v) is 5.41. The molecule has 1 heterocycles. The summed E-state index contributed by atoms with van der Waals surface area (Å²) in [7, 11) is 0. The van der Waals surface area contributed by atoms with Crippen molar-refractivity contribution in [2.24, 2.45) is 0 Å². The SMILES string of the molecule is CCCCOC1CCC(c2ccc(-c3ccc(CCC)cc3F)c(F)c2F)OC1. The minimum Gasteiger partial charge on any atom is -0.376 e. The Morgan fingerprint density at radius 2 is 1.76 bits per heavy atom. The third-order valence-electron chi connectivity index (χ3n) is 5.41. The lowest BCUT2D eigenvalue weighted by molar-refractivity contribution is -0.0881. The Morgan fingerprint density at radius 1 is 0.966 bits per heavy atom. The van der Waals surface area contributed by atoms with Crippen LogP contribution in [0.25, 0.3) is 11.1 Å². The van der Waals surface area contributed by atoms with Crippen LogP contribution < -0.4 is 0 Å². The van der Waals surface area contributed by atoms with E-state index in [4.69, 9.17) is 9.47 Å². The van der Waals surface area contributed by atoms with E-state index in [1.54, 1.807) is 6.07 Å². The van der Waals surface area contributed by atoms with Gasteiger partial charge in [0.05, 0.1) is 18.8 Å². The molecule has 0 bridgehead atoms. The van der Waals surface area contributed by atoms with Crippen LogP contribution in [-0.4, -0.2) is 19.3 Å². The van der Waals surface area contributed by atoms with E-state index in [9.17, 15) is 13.2 Å². The van der Waals surface area contributed by atoms with Gasteiger partial charge >= 0.3 is 0 Å². The first-order valence-corrected chi connectivity index (χ1v) is 10.5. The van der Waals surface area contributed by atoms with Crippen LogP contribution in [0.4, 0.5) is 13.2 Å². The molecule has 0 aromatic heterocycles. The van der Waals surface area contributed by atoms with E-state index >= 15 is 0 Å². The highest BCUT2D eigenvalue weighted by Crippen LogP contribution is 2.35. The van der Waals surface area contributed by atoms with Crippen molar-refractivity contribution in [3.8, 4) is 11.1 Å². The average Bonchev–Trinajstić information content (AvgIpc) is 2.72. The van der Waals surface area contributed by atoms with Gasteiger partial charge in [-0.3, -0.25) is 0 Å². The summed E-state index contributed by atoms with van der Waals surface area (Å²) >= 11 is 0. The molecule has 0 N–H and O–H groups in total. The van der Waals surface area contributed by atoms with Crippen LogP contribution in [0.5, 0.6) is 0 Å². The molecule has 2 aromatic rings. The van der Waals surface area contributed by atoms with Crippen LogP contribution >= 0.6 is 0 Å². The lowest BCUT2D eigenvalue weighted by Gasteiger charge is -2.29. The van der Waals surface area contributed by atoms with E-state index in [0.717, 1.165) is 37.7 Å². The van der Waals surface area contributed by atoms with Crippen LogP contribution in [0.1, 0.15) is 63.2 Å². The van der Waals surface area contributed by atoms with E-state index in [1.807, 2.05) is 6.92 Å². The van der Waals surface area contributed by atoms with Crippen molar-refractivity contribution in [1.82, 2.24) is 0 Å². The van der Waals surface area contributed by atoms with Crippen molar-refractivity contribution in [1.29, 1.82) is 0 Å². The van der Waals surface area contributed by atoms with E-state index in [-0.39, 0.29) is 22.8 Å². The Balaban J connectivity index is 1.74. The number of hydrogen-bond donors (Lipinski definition) is 0. The minimum absolute atomic E-state index is 0.000660. The number of rotatable bonds is 8. The fourth-order valence-corrected chi connectivity index (χ4v) is 3.74. The summed E-state index contributed by atoms with van der Waals surface area (Å²) < 4.78 is 55.6. The van der Waals surface area contributed by atoms with Gasteiger partial charge in [-0.25, -0.2) is 13.2 Å². The van der Waals surface area contributed by atoms with Gasteiger partial charge in [-0.15, -0.1) is 0 Å². The molecule has 1 aliphatic rings. The first kappa shape index (κ1) is 21.8. The molecule has 2 nitrogen and oxygen atoms in total. The Bertz CT molecular complexity index is 814. The lowest BCUT2D eigenvalue weighted by atomic mass is 9.95. The van der Waals surface area contributed by atoms with Gasteiger partial charge in [0.2, 0.25) is 0 Å². The van der Waals surface area contributed by atoms with Crippen molar-refractivity contribution in [2.75, 3.05) is 13.2 Å². The van der Waals surface area contributed by atoms with Gasteiger partial charge in [0, 0.05) is 23.3 Å².